The molecule has 0 aliphatic heterocycles. The fraction of sp³-hybridized carbons (Fsp3) is 0.636. The largest absolute Gasteiger partial charge is 0.312 e. The zero-order valence-electron chi connectivity index (χ0n) is 10.5. The minimum absolute atomic E-state index is 0.104. The number of hydrogen-bond acceptors (Lipinski definition) is 5. The average molecular weight is 257 g/mol. The van der Waals surface area contributed by atoms with Gasteiger partial charge >= 0.3 is 0 Å². The minimum Gasteiger partial charge on any atom is -0.312 e. The van der Waals surface area contributed by atoms with Crippen molar-refractivity contribution in [1.82, 2.24) is 15.3 Å². The third-order valence-electron chi connectivity index (χ3n) is 2.03. The Bertz CT molecular complexity index is 440. The number of nitrogens with one attached hydrogen (secondary N) is 1. The molecular formula is C11H19N3O2S. The molecule has 0 bridgehead atoms. The van der Waals surface area contributed by atoms with Crippen molar-refractivity contribution in [2.45, 2.75) is 26.1 Å². The van der Waals surface area contributed by atoms with Crippen LogP contribution in [0.3, 0.4) is 0 Å². The third kappa shape index (κ3) is 6.33. The van der Waals surface area contributed by atoms with Crippen LogP contribution in [-0.2, 0) is 22.1 Å². The third-order valence-corrected chi connectivity index (χ3v) is 2.81. The van der Waals surface area contributed by atoms with E-state index >= 15 is 0 Å². The molecule has 1 aromatic heterocycles. The standard InChI is InChI=1S/C11H19N3O2S/c1-9(2)4-12-5-10-6-13-11(14-7-10)8-17(3,15)16/h6-7,9,12H,4-5,8H2,1-3H3. The number of nitrogens with zero attached hydrogens (tertiary/aromatic N) is 2. The van der Waals surface area contributed by atoms with E-state index in [4.69, 9.17) is 0 Å². The molecule has 0 aromatic carbocycles. The van der Waals surface area contributed by atoms with Gasteiger partial charge < -0.3 is 5.32 Å². The van der Waals surface area contributed by atoms with E-state index in [2.05, 4.69) is 29.1 Å². The van der Waals surface area contributed by atoms with E-state index in [1.165, 1.54) is 6.26 Å². The normalized spacial score (nSPS) is 12.0. The monoisotopic (exact) mass is 257 g/mol. The lowest BCUT2D eigenvalue weighted by Crippen LogP contribution is -2.19. The summed E-state index contributed by atoms with van der Waals surface area (Å²) in [5, 5.41) is 3.27. The predicted molar refractivity (Wildman–Crippen MR) is 67.1 cm³/mol. The summed E-state index contributed by atoms with van der Waals surface area (Å²) in [5.74, 6) is 0.840. The Morgan fingerprint density at radius 3 is 2.35 bits per heavy atom. The van der Waals surface area contributed by atoms with Crippen LogP contribution in [0.25, 0.3) is 0 Å². The summed E-state index contributed by atoms with van der Waals surface area (Å²) in [5.41, 5.74) is 0.961. The van der Waals surface area contributed by atoms with Crippen LogP contribution < -0.4 is 5.32 Å². The fourth-order valence-electron chi connectivity index (χ4n) is 1.29. The summed E-state index contributed by atoms with van der Waals surface area (Å²) < 4.78 is 22.1. The first-order valence-corrected chi connectivity index (χ1v) is 7.61. The SMILES string of the molecule is CC(C)CNCc1cnc(CS(C)(=O)=O)nc1. The van der Waals surface area contributed by atoms with Gasteiger partial charge in [0.05, 0.1) is 0 Å². The highest BCUT2D eigenvalue weighted by atomic mass is 32.2. The van der Waals surface area contributed by atoms with E-state index < -0.39 is 9.84 Å². The zero-order valence-corrected chi connectivity index (χ0v) is 11.3. The smallest absolute Gasteiger partial charge is 0.154 e. The summed E-state index contributed by atoms with van der Waals surface area (Å²) in [6.07, 6.45) is 4.51. The Hall–Kier alpha value is -1.01. The highest BCUT2D eigenvalue weighted by Gasteiger charge is 2.06. The van der Waals surface area contributed by atoms with Crippen LogP contribution in [0.1, 0.15) is 25.2 Å². The van der Waals surface area contributed by atoms with Crippen molar-refractivity contribution < 1.29 is 8.42 Å². The Kier molecular flexibility index (Phi) is 5.02. The number of rotatable bonds is 6. The summed E-state index contributed by atoms with van der Waals surface area (Å²) in [7, 11) is -3.06. The summed E-state index contributed by atoms with van der Waals surface area (Å²) in [6.45, 7) is 5.92. The molecule has 0 fully saturated rings. The first-order chi connectivity index (χ1) is 7.87. The molecule has 0 atom stereocenters. The quantitative estimate of drug-likeness (QED) is 0.815. The maximum absolute atomic E-state index is 11.0. The average Bonchev–Trinajstić information content (AvgIpc) is 2.18. The second-order valence-corrected chi connectivity index (χ2v) is 6.74. The molecule has 96 valence electrons. The van der Waals surface area contributed by atoms with Gasteiger partial charge in [0.2, 0.25) is 0 Å². The van der Waals surface area contributed by atoms with Crippen molar-refractivity contribution in [3.05, 3.63) is 23.8 Å². The Balaban J connectivity index is 2.50. The molecule has 0 aliphatic rings. The number of aromatic nitrogens is 2. The predicted octanol–water partition coefficient (Wildman–Crippen LogP) is 0.767. The van der Waals surface area contributed by atoms with Gasteiger partial charge in [0.1, 0.15) is 11.6 Å². The molecule has 1 heterocycles. The molecule has 1 N–H and O–H groups in total. The van der Waals surface area contributed by atoms with Crippen LogP contribution in [0, 0.1) is 5.92 Å². The maximum atomic E-state index is 11.0. The highest BCUT2D eigenvalue weighted by molar-refractivity contribution is 7.89. The molecule has 5 nitrogen and oxygen atoms in total. The van der Waals surface area contributed by atoms with E-state index in [0.717, 1.165) is 12.1 Å². The minimum atomic E-state index is -3.06. The summed E-state index contributed by atoms with van der Waals surface area (Å²) in [4.78, 5) is 8.06. The van der Waals surface area contributed by atoms with Crippen molar-refractivity contribution in [2.24, 2.45) is 5.92 Å². The lowest BCUT2D eigenvalue weighted by Gasteiger charge is -2.07. The van der Waals surface area contributed by atoms with Gasteiger partial charge in [0.15, 0.2) is 9.84 Å². The second kappa shape index (κ2) is 6.07. The lowest BCUT2D eigenvalue weighted by atomic mass is 10.2. The Morgan fingerprint density at radius 2 is 1.88 bits per heavy atom. The van der Waals surface area contributed by atoms with E-state index in [-0.39, 0.29) is 5.75 Å². The summed E-state index contributed by atoms with van der Waals surface area (Å²) in [6, 6.07) is 0. The van der Waals surface area contributed by atoms with E-state index in [0.29, 0.717) is 18.3 Å². The Morgan fingerprint density at radius 1 is 1.29 bits per heavy atom. The molecule has 0 saturated carbocycles. The molecule has 0 saturated heterocycles. The van der Waals surface area contributed by atoms with Crippen molar-refractivity contribution in [3.63, 3.8) is 0 Å². The second-order valence-electron chi connectivity index (χ2n) is 4.60. The van der Waals surface area contributed by atoms with E-state index in [9.17, 15) is 8.42 Å². The highest BCUT2D eigenvalue weighted by Crippen LogP contribution is 2.00. The first kappa shape index (κ1) is 14.1. The molecule has 0 unspecified atom stereocenters. The molecule has 0 radical (unpaired) electrons. The van der Waals surface area contributed by atoms with E-state index in [1.807, 2.05) is 0 Å². The van der Waals surface area contributed by atoms with Crippen LogP contribution in [0.2, 0.25) is 0 Å². The molecule has 0 spiro atoms. The van der Waals surface area contributed by atoms with Crippen molar-refractivity contribution in [1.29, 1.82) is 0 Å². The van der Waals surface area contributed by atoms with Crippen LogP contribution in [-0.4, -0.2) is 31.2 Å². The van der Waals surface area contributed by atoms with Gasteiger partial charge in [0.25, 0.3) is 0 Å². The topological polar surface area (TPSA) is 72.0 Å². The number of hydrogen-bond donors (Lipinski definition) is 1. The van der Waals surface area contributed by atoms with Gasteiger partial charge in [-0.3, -0.25) is 0 Å². The maximum Gasteiger partial charge on any atom is 0.154 e. The van der Waals surface area contributed by atoms with Gasteiger partial charge in [-0.25, -0.2) is 18.4 Å². The van der Waals surface area contributed by atoms with Gasteiger partial charge in [-0.2, -0.15) is 0 Å². The zero-order chi connectivity index (χ0) is 12.9. The molecule has 17 heavy (non-hydrogen) atoms. The molecule has 1 aromatic rings. The molecular weight excluding hydrogens is 238 g/mol. The summed E-state index contributed by atoms with van der Waals surface area (Å²) >= 11 is 0. The fourth-order valence-corrected chi connectivity index (χ4v) is 1.91. The number of sulfone groups is 1. The van der Waals surface area contributed by atoms with Crippen LogP contribution >= 0.6 is 0 Å². The van der Waals surface area contributed by atoms with Gasteiger partial charge in [-0.05, 0) is 12.5 Å². The van der Waals surface area contributed by atoms with Crippen LogP contribution in [0.15, 0.2) is 12.4 Å². The first-order valence-electron chi connectivity index (χ1n) is 5.55. The van der Waals surface area contributed by atoms with Gasteiger partial charge in [-0.1, -0.05) is 13.8 Å². The van der Waals surface area contributed by atoms with Crippen molar-refractivity contribution in [3.8, 4) is 0 Å². The van der Waals surface area contributed by atoms with Gasteiger partial charge in [0, 0.05) is 30.8 Å². The lowest BCUT2D eigenvalue weighted by molar-refractivity contribution is 0.551. The van der Waals surface area contributed by atoms with Crippen molar-refractivity contribution >= 4 is 9.84 Å². The molecule has 1 rings (SSSR count). The van der Waals surface area contributed by atoms with E-state index in [1.54, 1.807) is 12.4 Å². The van der Waals surface area contributed by atoms with Crippen LogP contribution in [0.5, 0.6) is 0 Å². The van der Waals surface area contributed by atoms with Crippen LogP contribution in [0.4, 0.5) is 0 Å². The molecule has 6 heteroatoms. The molecule has 0 amide bonds. The van der Waals surface area contributed by atoms with Crippen molar-refractivity contribution in [2.75, 3.05) is 12.8 Å². The Labute approximate surface area is 103 Å². The molecule has 0 aliphatic carbocycles. The van der Waals surface area contributed by atoms with Gasteiger partial charge in [-0.15, -0.1) is 0 Å².